The Morgan fingerprint density at radius 1 is 0.978 bits per heavy atom. The van der Waals surface area contributed by atoms with Crippen molar-refractivity contribution in [2.24, 2.45) is 29.6 Å². The molecule has 6 saturated heterocycles. The molecule has 4 N–H and O–H groups in total. The van der Waals surface area contributed by atoms with Crippen LogP contribution in [0.25, 0.3) is 0 Å². The highest BCUT2D eigenvalue weighted by molar-refractivity contribution is 5.87. The third-order valence-corrected chi connectivity index (χ3v) is 13.1. The van der Waals surface area contributed by atoms with E-state index in [4.69, 9.17) is 0 Å². The van der Waals surface area contributed by atoms with Gasteiger partial charge in [-0.25, -0.2) is 14.2 Å². The van der Waals surface area contributed by atoms with Crippen LogP contribution in [0.1, 0.15) is 79.1 Å². The lowest BCUT2D eigenvalue weighted by Crippen LogP contribution is -2.80. The van der Waals surface area contributed by atoms with Crippen molar-refractivity contribution in [1.82, 2.24) is 41.1 Å². The number of piperazine rings is 1. The van der Waals surface area contributed by atoms with Crippen molar-refractivity contribution >= 4 is 11.9 Å². The summed E-state index contributed by atoms with van der Waals surface area (Å²) in [4.78, 5) is 33.7. The molecule has 7 fully saturated rings. The van der Waals surface area contributed by atoms with E-state index < -0.39 is 6.17 Å². The minimum Gasteiger partial charge on any atom is -0.334 e. The maximum Gasteiger partial charge on any atom is 0.320 e. The maximum atomic E-state index is 16.9. The molecule has 7 rings (SSSR count). The Bertz CT molecular complexity index is 1140. The van der Waals surface area contributed by atoms with E-state index in [1.165, 1.54) is 12.5 Å². The molecule has 6 heterocycles. The SMILES string of the molecule is C=CC(=O)N1C[C@H](C)N(C2NC(=O)N3C4NC(C(F)CC42)C2CCCC4CNN(CCCCC5CCNC(C(C)C)C53)C42)C[C@H]1C. The van der Waals surface area contributed by atoms with Crippen molar-refractivity contribution in [3.63, 3.8) is 0 Å². The van der Waals surface area contributed by atoms with Crippen molar-refractivity contribution in [3.8, 4) is 0 Å². The van der Waals surface area contributed by atoms with E-state index in [1.807, 2.05) is 4.90 Å². The standard InChI is InChI=1S/C35H59FN8O2/c1-6-28(45)41-18-22(5)42(19-21(41)4)33-26-16-27(36)30-25-12-9-11-24-17-38-43(31(24)25)15-8-7-10-23-13-14-37-29(20(2)3)32(23)44(34(26)39-30)35(46)40-33/h6,20-27,29-34,37-39H,1,7-19H2,2-5H3,(H,40,46)/t21-,22+,23?,24?,25?,26?,27?,29?,30?,31?,32?,33?,34?/m1/s1. The van der Waals surface area contributed by atoms with Gasteiger partial charge >= 0.3 is 6.03 Å². The Morgan fingerprint density at radius 2 is 1.78 bits per heavy atom. The summed E-state index contributed by atoms with van der Waals surface area (Å²) in [5.74, 6) is 1.36. The number of urea groups is 1. The average molecular weight is 643 g/mol. The number of hydrogen-bond donors (Lipinski definition) is 4. The van der Waals surface area contributed by atoms with Crippen LogP contribution in [0.5, 0.6) is 0 Å². The molecule has 11 heteroatoms. The average Bonchev–Trinajstić information content (AvgIpc) is 3.46. The molecule has 0 aromatic rings. The summed E-state index contributed by atoms with van der Waals surface area (Å²) < 4.78 is 16.9. The summed E-state index contributed by atoms with van der Waals surface area (Å²) >= 11 is 0. The van der Waals surface area contributed by atoms with Crippen molar-refractivity contribution in [2.75, 3.05) is 32.7 Å². The Morgan fingerprint density at radius 3 is 2.57 bits per heavy atom. The fourth-order valence-electron chi connectivity index (χ4n) is 11.0. The van der Waals surface area contributed by atoms with E-state index in [1.54, 1.807) is 0 Å². The number of hydrogen-bond acceptors (Lipinski definition) is 7. The first-order valence-corrected chi connectivity index (χ1v) is 18.6. The van der Waals surface area contributed by atoms with Gasteiger partial charge in [-0.1, -0.05) is 33.3 Å². The van der Waals surface area contributed by atoms with Crippen LogP contribution in [0.2, 0.25) is 0 Å². The smallest absolute Gasteiger partial charge is 0.320 e. The summed E-state index contributed by atoms with van der Waals surface area (Å²) in [5, 5.41) is 13.8. The van der Waals surface area contributed by atoms with Crippen molar-refractivity contribution in [3.05, 3.63) is 12.7 Å². The molecule has 0 radical (unpaired) electrons. The van der Waals surface area contributed by atoms with Crippen LogP contribution in [-0.4, -0.2) is 119 Å². The second kappa shape index (κ2) is 13.3. The number of amides is 3. The minimum atomic E-state index is -0.991. The molecule has 10 nitrogen and oxygen atoms in total. The molecule has 13 atom stereocenters. The van der Waals surface area contributed by atoms with Crippen molar-refractivity contribution in [2.45, 2.75) is 134 Å². The third-order valence-electron chi connectivity index (χ3n) is 13.1. The number of rotatable bonds is 3. The molecule has 0 aromatic carbocycles. The second-order valence-electron chi connectivity index (χ2n) is 16.1. The number of nitrogens with one attached hydrogen (secondary N) is 4. The molecule has 7 aliphatic rings. The zero-order chi connectivity index (χ0) is 32.3. The zero-order valence-corrected chi connectivity index (χ0v) is 28.5. The fraction of sp³-hybridized carbons (Fsp3) is 0.886. The Hall–Kier alpha value is -1.79. The van der Waals surface area contributed by atoms with Crippen LogP contribution in [0.15, 0.2) is 12.7 Å². The van der Waals surface area contributed by atoms with Gasteiger partial charge in [0.05, 0.1) is 18.4 Å². The van der Waals surface area contributed by atoms with Gasteiger partial charge in [0.15, 0.2) is 0 Å². The number of nitrogens with zero attached hydrogens (tertiary/aromatic N) is 4. The molecule has 258 valence electrons. The molecule has 0 spiro atoms. The Labute approximate surface area is 275 Å². The van der Waals surface area contributed by atoms with Crippen LogP contribution in [0, 0.1) is 29.6 Å². The largest absolute Gasteiger partial charge is 0.334 e. The van der Waals surface area contributed by atoms with Gasteiger partial charge in [-0.3, -0.25) is 20.4 Å². The van der Waals surface area contributed by atoms with E-state index in [2.05, 4.69) is 70.5 Å². The first-order valence-electron chi connectivity index (χ1n) is 18.6. The molecule has 1 aliphatic carbocycles. The predicted molar refractivity (Wildman–Crippen MR) is 177 cm³/mol. The number of carbonyl (C=O) groups is 2. The van der Waals surface area contributed by atoms with Crippen LogP contribution in [-0.2, 0) is 4.79 Å². The first kappa shape index (κ1) is 32.7. The van der Waals surface area contributed by atoms with Crippen molar-refractivity contribution in [1.29, 1.82) is 0 Å². The van der Waals surface area contributed by atoms with Crippen LogP contribution in [0.3, 0.4) is 0 Å². The number of piperidine rings is 2. The lowest BCUT2D eigenvalue weighted by molar-refractivity contribution is -0.136. The zero-order valence-electron chi connectivity index (χ0n) is 28.5. The van der Waals surface area contributed by atoms with Gasteiger partial charge in [-0.15, -0.1) is 0 Å². The molecule has 0 aromatic heterocycles. The molecule has 3 amide bonds. The summed E-state index contributed by atoms with van der Waals surface area (Å²) in [6.07, 6.45) is 8.08. The topological polar surface area (TPSA) is 95.2 Å². The lowest BCUT2D eigenvalue weighted by Gasteiger charge is -2.60. The summed E-state index contributed by atoms with van der Waals surface area (Å²) in [5.41, 5.74) is 3.74. The maximum absolute atomic E-state index is 16.9. The summed E-state index contributed by atoms with van der Waals surface area (Å²) in [7, 11) is 0. The van der Waals surface area contributed by atoms with E-state index in [9.17, 15) is 9.59 Å². The van der Waals surface area contributed by atoms with E-state index in [-0.39, 0.29) is 66.3 Å². The molecular formula is C35H59FN8O2. The van der Waals surface area contributed by atoms with E-state index in [0.717, 1.165) is 58.2 Å². The highest BCUT2D eigenvalue weighted by Crippen LogP contribution is 2.45. The normalized spacial score (nSPS) is 45.5. The summed E-state index contributed by atoms with van der Waals surface area (Å²) in [6.45, 7) is 16.6. The van der Waals surface area contributed by atoms with E-state index in [0.29, 0.717) is 43.3 Å². The van der Waals surface area contributed by atoms with Gasteiger partial charge in [-0.05, 0) is 88.7 Å². The summed E-state index contributed by atoms with van der Waals surface area (Å²) in [6, 6.07) is 0.259. The molecule has 1 saturated carbocycles. The van der Waals surface area contributed by atoms with Gasteiger partial charge in [0, 0.05) is 62.3 Å². The second-order valence-corrected chi connectivity index (χ2v) is 16.1. The fourth-order valence-corrected chi connectivity index (χ4v) is 11.0. The number of fused-ring (bicyclic) bond motifs is 4. The first-order chi connectivity index (χ1) is 22.2. The van der Waals surface area contributed by atoms with Gasteiger partial charge in [0.2, 0.25) is 5.91 Å². The highest BCUT2D eigenvalue weighted by atomic mass is 19.1. The van der Waals surface area contributed by atoms with Gasteiger partial charge in [0.1, 0.15) is 6.17 Å². The van der Waals surface area contributed by atoms with Crippen LogP contribution < -0.4 is 21.4 Å². The number of carbonyl (C=O) groups excluding carboxylic acids is 2. The molecular weight excluding hydrogens is 583 g/mol. The molecule has 46 heavy (non-hydrogen) atoms. The van der Waals surface area contributed by atoms with Crippen molar-refractivity contribution < 1.29 is 14.0 Å². The lowest BCUT2D eigenvalue weighted by atomic mass is 9.70. The Balaban J connectivity index is 1.27. The third kappa shape index (κ3) is 5.69. The van der Waals surface area contributed by atoms with Crippen LogP contribution >= 0.6 is 0 Å². The molecule has 2 bridgehead atoms. The van der Waals surface area contributed by atoms with Crippen LogP contribution in [0.4, 0.5) is 9.18 Å². The van der Waals surface area contributed by atoms with E-state index >= 15 is 4.39 Å². The van der Waals surface area contributed by atoms with Gasteiger partial charge in [-0.2, -0.15) is 0 Å². The van der Waals surface area contributed by atoms with Gasteiger partial charge < -0.3 is 20.4 Å². The monoisotopic (exact) mass is 642 g/mol. The highest BCUT2D eigenvalue weighted by Gasteiger charge is 2.58. The predicted octanol–water partition coefficient (Wildman–Crippen LogP) is 2.88. The van der Waals surface area contributed by atoms with Gasteiger partial charge in [0.25, 0.3) is 0 Å². The quantitative estimate of drug-likeness (QED) is 0.352. The molecule has 6 aliphatic heterocycles. The number of halogens is 1. The Kier molecular flexibility index (Phi) is 9.43. The number of hydrazine groups is 1. The minimum absolute atomic E-state index is 0.0206. The number of alkyl halides is 1. The molecule has 11 unspecified atom stereocenters.